The molecule has 0 aliphatic carbocycles. The Labute approximate surface area is 149 Å². The Kier molecular flexibility index (Phi) is 4.61. The standard InChI is InChI=1S/C18H12F3NO5/c19-18(20,21)17(26)22-15(16(24)25)12(23)8-9-5-6-14-11(7-9)10-3-1-2-4-13(10)27-14/h1-7,15H,8H2,(H,22,26)(H,24,25)/t15-/m1/s1. The Balaban J connectivity index is 1.86. The summed E-state index contributed by atoms with van der Waals surface area (Å²) >= 11 is 0. The third kappa shape index (κ3) is 3.76. The number of hydrogen-bond acceptors (Lipinski definition) is 4. The second-order valence-corrected chi connectivity index (χ2v) is 5.81. The number of rotatable bonds is 5. The number of carbonyl (C=O) groups excluding carboxylic acids is 2. The summed E-state index contributed by atoms with van der Waals surface area (Å²) in [6.45, 7) is 0. The molecule has 140 valence electrons. The monoisotopic (exact) mass is 379 g/mol. The van der Waals surface area contributed by atoms with Crippen molar-refractivity contribution in [2.24, 2.45) is 0 Å². The number of carboxylic acid groups (broad SMARTS) is 1. The van der Waals surface area contributed by atoms with Crippen LogP contribution in [0.4, 0.5) is 13.2 Å². The molecule has 3 rings (SSSR count). The number of furan rings is 1. The fourth-order valence-corrected chi connectivity index (χ4v) is 2.68. The molecule has 1 atom stereocenters. The van der Waals surface area contributed by atoms with E-state index in [-0.39, 0.29) is 0 Å². The Morgan fingerprint density at radius 3 is 2.37 bits per heavy atom. The Morgan fingerprint density at radius 1 is 1.04 bits per heavy atom. The highest BCUT2D eigenvalue weighted by Crippen LogP contribution is 2.29. The van der Waals surface area contributed by atoms with Crippen molar-refractivity contribution >= 4 is 39.6 Å². The van der Waals surface area contributed by atoms with Crippen molar-refractivity contribution in [3.05, 3.63) is 48.0 Å². The van der Waals surface area contributed by atoms with Crippen LogP contribution in [0.1, 0.15) is 5.56 Å². The van der Waals surface area contributed by atoms with Crippen molar-refractivity contribution in [2.45, 2.75) is 18.6 Å². The molecule has 0 unspecified atom stereocenters. The zero-order valence-electron chi connectivity index (χ0n) is 13.5. The van der Waals surface area contributed by atoms with E-state index in [1.54, 1.807) is 36.4 Å². The van der Waals surface area contributed by atoms with Crippen LogP contribution in [0, 0.1) is 0 Å². The van der Waals surface area contributed by atoms with Gasteiger partial charge < -0.3 is 14.8 Å². The highest BCUT2D eigenvalue weighted by atomic mass is 19.4. The number of hydrogen-bond donors (Lipinski definition) is 2. The predicted octanol–water partition coefficient (Wildman–Crippen LogP) is 2.83. The van der Waals surface area contributed by atoms with Crippen molar-refractivity contribution in [3.8, 4) is 0 Å². The van der Waals surface area contributed by atoms with Gasteiger partial charge in [0.15, 0.2) is 11.8 Å². The molecule has 2 aromatic carbocycles. The van der Waals surface area contributed by atoms with E-state index in [0.717, 1.165) is 5.39 Å². The third-order valence-corrected chi connectivity index (χ3v) is 3.92. The molecule has 1 aromatic heterocycles. The van der Waals surface area contributed by atoms with Crippen molar-refractivity contribution in [1.82, 2.24) is 5.32 Å². The third-order valence-electron chi connectivity index (χ3n) is 3.92. The number of benzene rings is 2. The minimum atomic E-state index is -5.29. The molecule has 6 nitrogen and oxygen atoms in total. The number of aliphatic carboxylic acids is 1. The lowest BCUT2D eigenvalue weighted by molar-refractivity contribution is -0.175. The van der Waals surface area contributed by atoms with Gasteiger partial charge in [-0.05, 0) is 23.8 Å². The van der Waals surface area contributed by atoms with Crippen molar-refractivity contribution in [2.75, 3.05) is 0 Å². The average Bonchev–Trinajstić information content (AvgIpc) is 2.96. The van der Waals surface area contributed by atoms with Crippen LogP contribution in [0.15, 0.2) is 46.9 Å². The van der Waals surface area contributed by atoms with Crippen LogP contribution in [-0.2, 0) is 20.8 Å². The van der Waals surface area contributed by atoms with E-state index in [1.807, 2.05) is 0 Å². The molecular formula is C18H12F3NO5. The molecule has 0 aliphatic heterocycles. The van der Waals surface area contributed by atoms with Crippen LogP contribution >= 0.6 is 0 Å². The quantitative estimate of drug-likeness (QED) is 0.665. The molecule has 3 aromatic rings. The summed E-state index contributed by atoms with van der Waals surface area (Å²) < 4.78 is 42.6. The van der Waals surface area contributed by atoms with Gasteiger partial charge >= 0.3 is 18.1 Å². The lowest BCUT2D eigenvalue weighted by Crippen LogP contribution is -2.51. The first-order valence-electron chi connectivity index (χ1n) is 7.70. The Bertz CT molecular complexity index is 1050. The fraction of sp³-hybridized carbons (Fsp3) is 0.167. The molecule has 0 spiro atoms. The van der Waals surface area contributed by atoms with Crippen LogP contribution in [-0.4, -0.2) is 35.0 Å². The Hall–Kier alpha value is -3.36. The van der Waals surface area contributed by atoms with E-state index in [9.17, 15) is 27.6 Å². The molecule has 0 saturated heterocycles. The number of para-hydroxylation sites is 1. The van der Waals surface area contributed by atoms with Crippen LogP contribution < -0.4 is 5.32 Å². The molecule has 0 aliphatic rings. The molecule has 0 saturated carbocycles. The Morgan fingerprint density at radius 2 is 1.70 bits per heavy atom. The summed E-state index contributed by atoms with van der Waals surface area (Å²) in [6, 6.07) is 9.54. The maximum Gasteiger partial charge on any atom is 0.471 e. The fourth-order valence-electron chi connectivity index (χ4n) is 2.68. The summed E-state index contributed by atoms with van der Waals surface area (Å²) in [5, 5.41) is 11.7. The molecule has 0 fully saturated rings. The van der Waals surface area contributed by atoms with Crippen molar-refractivity contribution in [1.29, 1.82) is 0 Å². The average molecular weight is 379 g/mol. The SMILES string of the molecule is O=C(O)[C@H](NC(=O)C(F)(F)F)C(=O)Cc1ccc2oc3ccccc3c2c1. The van der Waals surface area contributed by atoms with E-state index in [2.05, 4.69) is 0 Å². The maximum absolute atomic E-state index is 12.3. The van der Waals surface area contributed by atoms with E-state index in [4.69, 9.17) is 9.52 Å². The van der Waals surface area contributed by atoms with Gasteiger partial charge in [-0.15, -0.1) is 0 Å². The molecular weight excluding hydrogens is 367 g/mol. The van der Waals surface area contributed by atoms with E-state index < -0.39 is 36.3 Å². The molecule has 1 amide bonds. The molecule has 27 heavy (non-hydrogen) atoms. The summed E-state index contributed by atoms with van der Waals surface area (Å²) in [4.78, 5) is 34.2. The largest absolute Gasteiger partial charge is 0.479 e. The number of halogens is 3. The van der Waals surface area contributed by atoms with Gasteiger partial charge in [-0.1, -0.05) is 24.3 Å². The first-order chi connectivity index (χ1) is 12.7. The summed E-state index contributed by atoms with van der Waals surface area (Å²) in [6.07, 6.45) is -5.76. The van der Waals surface area contributed by atoms with Crippen molar-refractivity contribution < 1.29 is 37.1 Å². The second kappa shape index (κ2) is 6.75. The zero-order chi connectivity index (χ0) is 19.8. The number of carboxylic acids is 1. The number of nitrogens with one attached hydrogen (secondary N) is 1. The molecule has 1 heterocycles. The topological polar surface area (TPSA) is 96.6 Å². The van der Waals surface area contributed by atoms with Gasteiger partial charge in [0.05, 0.1) is 0 Å². The molecule has 9 heteroatoms. The highest BCUT2D eigenvalue weighted by Gasteiger charge is 2.42. The van der Waals surface area contributed by atoms with Gasteiger partial charge in [-0.25, -0.2) is 4.79 Å². The molecule has 0 bridgehead atoms. The van der Waals surface area contributed by atoms with Gasteiger partial charge in [0, 0.05) is 17.2 Å². The van der Waals surface area contributed by atoms with Crippen LogP contribution in [0.2, 0.25) is 0 Å². The number of amides is 1. The van der Waals surface area contributed by atoms with Gasteiger partial charge in [0.2, 0.25) is 0 Å². The minimum Gasteiger partial charge on any atom is -0.479 e. The number of fused-ring (bicyclic) bond motifs is 3. The van der Waals surface area contributed by atoms with Gasteiger partial charge in [0.25, 0.3) is 0 Å². The summed E-state index contributed by atoms with van der Waals surface area (Å²) in [7, 11) is 0. The van der Waals surface area contributed by atoms with Gasteiger partial charge in [-0.2, -0.15) is 13.2 Å². The van der Waals surface area contributed by atoms with Crippen molar-refractivity contribution in [3.63, 3.8) is 0 Å². The van der Waals surface area contributed by atoms with Crippen LogP contribution in [0.25, 0.3) is 21.9 Å². The number of ketones is 1. The molecule has 2 N–H and O–H groups in total. The highest BCUT2D eigenvalue weighted by molar-refractivity contribution is 6.08. The zero-order valence-corrected chi connectivity index (χ0v) is 13.5. The van der Waals surface area contributed by atoms with Gasteiger partial charge in [-0.3, -0.25) is 9.59 Å². The maximum atomic E-state index is 12.3. The number of alkyl halides is 3. The second-order valence-electron chi connectivity index (χ2n) is 5.81. The smallest absolute Gasteiger partial charge is 0.471 e. The first kappa shape index (κ1) is 18.4. The van der Waals surface area contributed by atoms with Crippen LogP contribution in [0.3, 0.4) is 0 Å². The van der Waals surface area contributed by atoms with E-state index in [0.29, 0.717) is 22.1 Å². The first-order valence-corrected chi connectivity index (χ1v) is 7.70. The number of Topliss-reactive ketones (excluding diaryl/α,β-unsaturated/α-hetero) is 1. The van der Waals surface area contributed by atoms with E-state index in [1.165, 1.54) is 11.4 Å². The van der Waals surface area contributed by atoms with E-state index >= 15 is 0 Å². The van der Waals surface area contributed by atoms with Gasteiger partial charge in [0.1, 0.15) is 11.2 Å². The lowest BCUT2D eigenvalue weighted by atomic mass is 10.0. The van der Waals surface area contributed by atoms with Crippen LogP contribution in [0.5, 0.6) is 0 Å². The lowest BCUT2D eigenvalue weighted by Gasteiger charge is -2.14. The predicted molar refractivity (Wildman–Crippen MR) is 88.1 cm³/mol. The normalized spacial score (nSPS) is 12.9. The minimum absolute atomic E-state index is 0.381. The number of carbonyl (C=O) groups is 3. The molecule has 0 radical (unpaired) electrons. The summed E-state index contributed by atoms with van der Waals surface area (Å²) in [5.41, 5.74) is 1.55. The summed E-state index contributed by atoms with van der Waals surface area (Å²) in [5.74, 6) is -5.43.